The summed E-state index contributed by atoms with van der Waals surface area (Å²) in [6, 6.07) is 31.6. The third-order valence-electron chi connectivity index (χ3n) is 6.02. The molecule has 4 heteroatoms. The quantitative estimate of drug-likeness (QED) is 0.294. The Kier molecular flexibility index (Phi) is 3.14. The van der Waals surface area contributed by atoms with Gasteiger partial charge >= 0.3 is 0 Å². The number of nitrogens with zero attached hydrogens (tertiary/aromatic N) is 2. The zero-order chi connectivity index (χ0) is 19.7. The molecule has 3 aromatic carbocycles. The fraction of sp³-hybridized carbons (Fsp3) is 0.0385. The van der Waals surface area contributed by atoms with Crippen LogP contribution in [0.4, 0.5) is 0 Å². The monoisotopic (exact) mass is 404 g/mol. The summed E-state index contributed by atoms with van der Waals surface area (Å²) in [5.74, 6) is 1.81. The van der Waals surface area contributed by atoms with E-state index in [-0.39, 0.29) is 0 Å². The summed E-state index contributed by atoms with van der Waals surface area (Å²) < 4.78 is 8.15. The Morgan fingerprint density at radius 1 is 0.733 bits per heavy atom. The van der Waals surface area contributed by atoms with Gasteiger partial charge in [-0.25, -0.2) is 4.98 Å². The molecule has 0 fully saturated rings. The molecular formula is C26H16N2OS. The van der Waals surface area contributed by atoms with Crippen molar-refractivity contribution in [2.24, 2.45) is 0 Å². The third-order valence-corrected chi connectivity index (χ3v) is 7.54. The minimum atomic E-state index is -0.449. The number of fused-ring (bicyclic) bond motifs is 10. The Morgan fingerprint density at radius 2 is 1.40 bits per heavy atom. The smallest absolute Gasteiger partial charge is 0.137 e. The van der Waals surface area contributed by atoms with Crippen molar-refractivity contribution < 1.29 is 4.74 Å². The molecule has 2 aliphatic heterocycles. The van der Waals surface area contributed by atoms with E-state index in [0.29, 0.717) is 0 Å². The van der Waals surface area contributed by atoms with Gasteiger partial charge in [-0.3, -0.25) is 0 Å². The molecule has 0 saturated heterocycles. The minimum absolute atomic E-state index is 0.449. The summed E-state index contributed by atoms with van der Waals surface area (Å²) in [6.45, 7) is 0. The molecule has 0 radical (unpaired) electrons. The number of ether oxygens (including phenoxy) is 1. The van der Waals surface area contributed by atoms with Gasteiger partial charge in [0.15, 0.2) is 0 Å². The van der Waals surface area contributed by atoms with Crippen LogP contribution in [0.3, 0.4) is 0 Å². The highest BCUT2D eigenvalue weighted by Gasteiger charge is 2.51. The van der Waals surface area contributed by atoms with Crippen LogP contribution >= 0.6 is 11.8 Å². The summed E-state index contributed by atoms with van der Waals surface area (Å²) in [6.07, 6.45) is 2.12. The molecule has 0 aliphatic carbocycles. The van der Waals surface area contributed by atoms with E-state index in [1.54, 1.807) is 0 Å². The Balaban J connectivity index is 1.71. The Hall–Kier alpha value is -3.50. The number of thioether (sulfide) groups is 1. The number of benzene rings is 3. The molecule has 2 aromatic heterocycles. The SMILES string of the molecule is c1ccc2c(c1)Oc1ccccc1C21Sc2ccccc2-c2nc3ccccn3c21. The molecule has 1 spiro atoms. The van der Waals surface area contributed by atoms with Gasteiger partial charge in [-0.2, -0.15) is 0 Å². The van der Waals surface area contributed by atoms with Crippen LogP contribution in [0.1, 0.15) is 16.8 Å². The number of hydrogen-bond acceptors (Lipinski definition) is 3. The van der Waals surface area contributed by atoms with Crippen LogP contribution in [0, 0.1) is 0 Å². The number of imidazole rings is 1. The average molecular weight is 404 g/mol. The molecule has 4 heterocycles. The van der Waals surface area contributed by atoms with Gasteiger partial charge in [0.1, 0.15) is 21.9 Å². The van der Waals surface area contributed by atoms with Crippen LogP contribution in [0.5, 0.6) is 11.5 Å². The zero-order valence-corrected chi connectivity index (χ0v) is 16.8. The molecule has 0 N–H and O–H groups in total. The second-order valence-electron chi connectivity index (χ2n) is 7.61. The molecule has 3 nitrogen and oxygen atoms in total. The summed E-state index contributed by atoms with van der Waals surface area (Å²) in [5, 5.41) is 0. The largest absolute Gasteiger partial charge is 0.457 e. The predicted octanol–water partition coefficient (Wildman–Crippen LogP) is 6.50. The fourth-order valence-corrected chi connectivity index (χ4v) is 6.41. The zero-order valence-electron chi connectivity index (χ0n) is 15.9. The standard InChI is InChI=1S/C26H16N2OS/c1-6-14-22-17(9-1)24-25(28-16-8-7-15-23(28)27-24)26(30-22)18-10-2-4-12-20(18)29-21-13-5-3-11-19(21)26/h1-16H. The first-order valence-corrected chi connectivity index (χ1v) is 10.8. The molecule has 7 rings (SSSR count). The first-order chi connectivity index (χ1) is 14.9. The maximum Gasteiger partial charge on any atom is 0.137 e. The number of para-hydroxylation sites is 2. The van der Waals surface area contributed by atoms with Crippen molar-refractivity contribution in [2.75, 3.05) is 0 Å². The van der Waals surface area contributed by atoms with Crippen LogP contribution < -0.4 is 4.74 Å². The maximum atomic E-state index is 6.35. The third kappa shape index (κ3) is 1.94. The maximum absolute atomic E-state index is 6.35. The van der Waals surface area contributed by atoms with Crippen LogP contribution in [0.25, 0.3) is 16.9 Å². The van der Waals surface area contributed by atoms with Crippen molar-refractivity contribution in [2.45, 2.75) is 9.64 Å². The highest BCUT2D eigenvalue weighted by Crippen LogP contribution is 2.64. The molecular weight excluding hydrogens is 388 g/mol. The van der Waals surface area contributed by atoms with Gasteiger partial charge in [0, 0.05) is 27.8 Å². The normalized spacial score (nSPS) is 15.1. The van der Waals surface area contributed by atoms with E-state index in [4.69, 9.17) is 9.72 Å². The van der Waals surface area contributed by atoms with Crippen LogP contribution in [-0.4, -0.2) is 9.38 Å². The van der Waals surface area contributed by atoms with Gasteiger partial charge < -0.3 is 9.14 Å². The van der Waals surface area contributed by atoms with Gasteiger partial charge in [-0.05, 0) is 30.3 Å². The summed E-state index contributed by atoms with van der Waals surface area (Å²) >= 11 is 1.89. The van der Waals surface area contributed by atoms with Crippen LogP contribution in [-0.2, 0) is 4.75 Å². The molecule has 0 unspecified atom stereocenters. The lowest BCUT2D eigenvalue weighted by atomic mass is 9.82. The van der Waals surface area contributed by atoms with Crippen LogP contribution in [0.15, 0.2) is 102 Å². The van der Waals surface area contributed by atoms with Crippen molar-refractivity contribution in [3.8, 4) is 22.8 Å². The molecule has 0 amide bonds. The fourth-order valence-electron chi connectivity index (χ4n) is 4.81. The Morgan fingerprint density at radius 3 is 2.20 bits per heavy atom. The number of hydrogen-bond donors (Lipinski definition) is 0. The van der Waals surface area contributed by atoms with Crippen LogP contribution in [0.2, 0.25) is 0 Å². The molecule has 30 heavy (non-hydrogen) atoms. The van der Waals surface area contributed by atoms with E-state index in [9.17, 15) is 0 Å². The second kappa shape index (κ2) is 5.77. The molecule has 0 saturated carbocycles. The van der Waals surface area contributed by atoms with Crippen molar-refractivity contribution >= 4 is 17.4 Å². The molecule has 0 bridgehead atoms. The molecule has 0 atom stereocenters. The first-order valence-electron chi connectivity index (χ1n) is 9.99. The van der Waals surface area contributed by atoms with Crippen molar-refractivity contribution in [3.63, 3.8) is 0 Å². The summed E-state index contributed by atoms with van der Waals surface area (Å²) in [4.78, 5) is 6.33. The van der Waals surface area contributed by atoms with E-state index in [2.05, 4.69) is 83.4 Å². The first kappa shape index (κ1) is 16.3. The van der Waals surface area contributed by atoms with E-state index in [1.807, 2.05) is 30.0 Å². The number of rotatable bonds is 0. The highest BCUT2D eigenvalue weighted by atomic mass is 32.2. The van der Waals surface area contributed by atoms with E-state index in [0.717, 1.165) is 34.0 Å². The van der Waals surface area contributed by atoms with Gasteiger partial charge in [0.05, 0.1) is 11.4 Å². The number of pyridine rings is 1. The van der Waals surface area contributed by atoms with E-state index < -0.39 is 4.75 Å². The lowest BCUT2D eigenvalue weighted by molar-refractivity contribution is 0.445. The van der Waals surface area contributed by atoms with Gasteiger partial charge in [-0.1, -0.05) is 60.7 Å². The lowest BCUT2D eigenvalue weighted by Gasteiger charge is -2.42. The molecule has 142 valence electrons. The number of aromatic nitrogens is 2. The summed E-state index contributed by atoms with van der Waals surface area (Å²) in [7, 11) is 0. The predicted molar refractivity (Wildman–Crippen MR) is 119 cm³/mol. The highest BCUT2D eigenvalue weighted by molar-refractivity contribution is 8.01. The van der Waals surface area contributed by atoms with E-state index in [1.165, 1.54) is 16.2 Å². The van der Waals surface area contributed by atoms with Crippen molar-refractivity contribution in [1.29, 1.82) is 0 Å². The average Bonchev–Trinajstić information content (AvgIpc) is 3.20. The molecule has 5 aromatic rings. The molecule has 2 aliphatic rings. The van der Waals surface area contributed by atoms with Crippen molar-refractivity contribution in [1.82, 2.24) is 9.38 Å². The van der Waals surface area contributed by atoms with Gasteiger partial charge in [0.2, 0.25) is 0 Å². The van der Waals surface area contributed by atoms with E-state index >= 15 is 0 Å². The summed E-state index contributed by atoms with van der Waals surface area (Å²) in [5.41, 5.74) is 6.70. The Labute approximate surface area is 178 Å². The van der Waals surface area contributed by atoms with Crippen molar-refractivity contribution in [3.05, 3.63) is 114 Å². The topological polar surface area (TPSA) is 26.5 Å². The minimum Gasteiger partial charge on any atom is -0.457 e. The lowest BCUT2D eigenvalue weighted by Crippen LogP contribution is -2.33. The van der Waals surface area contributed by atoms with Gasteiger partial charge in [0.25, 0.3) is 0 Å². The second-order valence-corrected chi connectivity index (χ2v) is 8.87. The van der Waals surface area contributed by atoms with Gasteiger partial charge in [-0.15, -0.1) is 11.8 Å². The Bertz CT molecular complexity index is 1420.